The molecule has 116 valence electrons. The molecule has 0 spiro atoms. The molecule has 2 unspecified atom stereocenters. The number of fused-ring (bicyclic) bond motifs is 1. The molecule has 2 atom stereocenters. The van der Waals surface area contributed by atoms with Gasteiger partial charge in [-0.25, -0.2) is 0 Å². The maximum absolute atomic E-state index is 11.8. The number of aromatic nitrogens is 3. The summed E-state index contributed by atoms with van der Waals surface area (Å²) in [6, 6.07) is 4.99. The molecule has 0 saturated heterocycles. The largest absolute Gasteiger partial charge is 0.345 e. The van der Waals surface area contributed by atoms with E-state index in [0.29, 0.717) is 0 Å². The lowest BCUT2D eigenvalue weighted by Gasteiger charge is -2.18. The van der Waals surface area contributed by atoms with E-state index in [9.17, 15) is 4.79 Å². The number of halogens is 1. The molecule has 0 bridgehead atoms. The Balaban J connectivity index is 0.00000220. The predicted octanol–water partition coefficient (Wildman–Crippen LogP) is 1.41. The van der Waals surface area contributed by atoms with Gasteiger partial charge in [0.25, 0.3) is 0 Å². The predicted molar refractivity (Wildman–Crippen MR) is 87.8 cm³/mol. The van der Waals surface area contributed by atoms with Gasteiger partial charge in [-0.1, -0.05) is 6.07 Å². The smallest absolute Gasteiger partial charge is 0.237 e. The Morgan fingerprint density at radius 1 is 1.48 bits per heavy atom. The highest BCUT2D eigenvalue weighted by molar-refractivity contribution is 7.98. The van der Waals surface area contributed by atoms with Gasteiger partial charge in [0.1, 0.15) is 0 Å². The molecule has 2 heterocycles. The lowest BCUT2D eigenvalue weighted by molar-refractivity contribution is -0.122. The standard InChI is InChI=1S/C13H19N5OS.ClH/c1-9(14)13(19)15-10(6-8-20-2)12-17-16-11-5-3-4-7-18(11)12;/h3-5,7,9-10H,6,8,14H2,1-2H3,(H,15,19);1H. The summed E-state index contributed by atoms with van der Waals surface area (Å²) in [5.41, 5.74) is 6.39. The van der Waals surface area contributed by atoms with Gasteiger partial charge in [-0.2, -0.15) is 11.8 Å². The van der Waals surface area contributed by atoms with Crippen molar-refractivity contribution in [2.45, 2.75) is 25.4 Å². The molecule has 0 radical (unpaired) electrons. The SMILES string of the molecule is CSCCC(NC(=O)C(C)N)c1nnc2ccccn12.Cl. The number of nitrogens with two attached hydrogens (primary N) is 1. The Labute approximate surface area is 134 Å². The molecule has 2 rings (SSSR count). The zero-order chi connectivity index (χ0) is 14.5. The Morgan fingerprint density at radius 2 is 2.24 bits per heavy atom. The fraction of sp³-hybridized carbons (Fsp3) is 0.462. The normalized spacial score (nSPS) is 13.5. The monoisotopic (exact) mass is 329 g/mol. The summed E-state index contributed by atoms with van der Waals surface area (Å²) < 4.78 is 1.90. The second-order valence-electron chi connectivity index (χ2n) is 4.62. The van der Waals surface area contributed by atoms with Gasteiger partial charge in [0, 0.05) is 6.20 Å². The summed E-state index contributed by atoms with van der Waals surface area (Å²) in [5, 5.41) is 11.3. The van der Waals surface area contributed by atoms with E-state index in [2.05, 4.69) is 15.5 Å². The summed E-state index contributed by atoms with van der Waals surface area (Å²) in [7, 11) is 0. The minimum Gasteiger partial charge on any atom is -0.345 e. The van der Waals surface area contributed by atoms with Gasteiger partial charge in [-0.05, 0) is 37.5 Å². The van der Waals surface area contributed by atoms with Crippen LogP contribution < -0.4 is 11.1 Å². The lowest BCUT2D eigenvalue weighted by atomic mass is 10.2. The summed E-state index contributed by atoms with van der Waals surface area (Å²) in [6.07, 6.45) is 4.72. The van der Waals surface area contributed by atoms with E-state index in [-0.39, 0.29) is 24.4 Å². The van der Waals surface area contributed by atoms with Gasteiger partial charge in [0.05, 0.1) is 12.1 Å². The van der Waals surface area contributed by atoms with Crippen LogP contribution in [0.5, 0.6) is 0 Å². The second kappa shape index (κ2) is 8.21. The first-order valence-electron chi connectivity index (χ1n) is 6.48. The third-order valence-corrected chi connectivity index (χ3v) is 3.64. The second-order valence-corrected chi connectivity index (χ2v) is 5.60. The van der Waals surface area contributed by atoms with Crippen molar-refractivity contribution in [3.05, 3.63) is 30.2 Å². The van der Waals surface area contributed by atoms with Crippen LogP contribution in [0, 0.1) is 0 Å². The fourth-order valence-corrected chi connectivity index (χ4v) is 2.37. The number of nitrogens with one attached hydrogen (secondary N) is 1. The van der Waals surface area contributed by atoms with Gasteiger partial charge >= 0.3 is 0 Å². The molecule has 0 fully saturated rings. The van der Waals surface area contributed by atoms with Gasteiger partial charge in [-0.3, -0.25) is 9.20 Å². The highest BCUT2D eigenvalue weighted by Gasteiger charge is 2.21. The van der Waals surface area contributed by atoms with Gasteiger partial charge in [0.2, 0.25) is 5.91 Å². The number of hydrogen-bond acceptors (Lipinski definition) is 5. The van der Waals surface area contributed by atoms with E-state index >= 15 is 0 Å². The molecule has 0 aliphatic rings. The van der Waals surface area contributed by atoms with Crippen molar-refractivity contribution < 1.29 is 4.79 Å². The minimum atomic E-state index is -0.536. The zero-order valence-corrected chi connectivity index (χ0v) is 13.7. The Morgan fingerprint density at radius 3 is 2.90 bits per heavy atom. The number of hydrogen-bond donors (Lipinski definition) is 2. The summed E-state index contributed by atoms with van der Waals surface area (Å²) in [5.74, 6) is 1.48. The number of carbonyl (C=O) groups excluding carboxylic acids is 1. The molecule has 0 aliphatic carbocycles. The van der Waals surface area contributed by atoms with Crippen LogP contribution in [-0.2, 0) is 4.79 Å². The number of carbonyl (C=O) groups is 1. The number of pyridine rings is 1. The van der Waals surface area contributed by atoms with Crippen LogP contribution in [0.3, 0.4) is 0 Å². The average molecular weight is 330 g/mol. The van der Waals surface area contributed by atoms with Gasteiger partial charge in [0.15, 0.2) is 11.5 Å². The van der Waals surface area contributed by atoms with E-state index < -0.39 is 6.04 Å². The van der Waals surface area contributed by atoms with E-state index in [4.69, 9.17) is 5.73 Å². The van der Waals surface area contributed by atoms with Crippen LogP contribution in [0.25, 0.3) is 5.65 Å². The molecule has 0 aromatic carbocycles. The van der Waals surface area contributed by atoms with Crippen molar-refractivity contribution in [1.82, 2.24) is 19.9 Å². The third kappa shape index (κ3) is 4.33. The molecule has 2 aromatic rings. The molecule has 0 saturated carbocycles. The van der Waals surface area contributed by atoms with E-state index in [1.54, 1.807) is 18.7 Å². The first-order valence-corrected chi connectivity index (χ1v) is 7.87. The molecule has 6 nitrogen and oxygen atoms in total. The topological polar surface area (TPSA) is 85.3 Å². The first-order chi connectivity index (χ1) is 9.63. The maximum atomic E-state index is 11.8. The third-order valence-electron chi connectivity index (χ3n) is 2.99. The Bertz CT molecular complexity index is 589. The number of nitrogens with zero attached hydrogens (tertiary/aromatic N) is 3. The van der Waals surface area contributed by atoms with Gasteiger partial charge < -0.3 is 11.1 Å². The van der Waals surface area contributed by atoms with Crippen LogP contribution in [0.4, 0.5) is 0 Å². The van der Waals surface area contributed by atoms with Crippen molar-refractivity contribution in [3.8, 4) is 0 Å². The van der Waals surface area contributed by atoms with Crippen LogP contribution in [0.15, 0.2) is 24.4 Å². The quantitative estimate of drug-likeness (QED) is 0.837. The molecule has 2 aromatic heterocycles. The van der Waals surface area contributed by atoms with E-state index in [1.807, 2.05) is 35.1 Å². The van der Waals surface area contributed by atoms with E-state index in [1.165, 1.54) is 0 Å². The molecule has 3 N–H and O–H groups in total. The van der Waals surface area contributed by atoms with Crippen molar-refractivity contribution in [1.29, 1.82) is 0 Å². The maximum Gasteiger partial charge on any atom is 0.237 e. The Kier molecular flexibility index (Phi) is 6.94. The molecule has 8 heteroatoms. The van der Waals surface area contributed by atoms with Crippen LogP contribution >= 0.6 is 24.2 Å². The molecular formula is C13H20ClN5OS. The summed E-state index contributed by atoms with van der Waals surface area (Å²) in [4.78, 5) is 11.8. The number of amides is 1. The van der Waals surface area contributed by atoms with Crippen LogP contribution in [-0.4, -0.2) is 38.6 Å². The summed E-state index contributed by atoms with van der Waals surface area (Å²) >= 11 is 1.73. The molecular weight excluding hydrogens is 310 g/mol. The molecule has 21 heavy (non-hydrogen) atoms. The van der Waals surface area contributed by atoms with Crippen LogP contribution in [0.2, 0.25) is 0 Å². The number of rotatable bonds is 6. The fourth-order valence-electron chi connectivity index (χ4n) is 1.90. The first kappa shape index (κ1) is 17.7. The minimum absolute atomic E-state index is 0. The van der Waals surface area contributed by atoms with Crippen LogP contribution in [0.1, 0.15) is 25.2 Å². The van der Waals surface area contributed by atoms with Crippen molar-refractivity contribution in [2.24, 2.45) is 5.73 Å². The Hall–Kier alpha value is -1.31. The average Bonchev–Trinajstić information content (AvgIpc) is 2.87. The summed E-state index contributed by atoms with van der Waals surface area (Å²) in [6.45, 7) is 1.67. The zero-order valence-electron chi connectivity index (χ0n) is 12.0. The highest BCUT2D eigenvalue weighted by Crippen LogP contribution is 2.18. The van der Waals surface area contributed by atoms with Crippen molar-refractivity contribution in [2.75, 3.05) is 12.0 Å². The highest BCUT2D eigenvalue weighted by atomic mass is 35.5. The van der Waals surface area contributed by atoms with Crippen molar-refractivity contribution >= 4 is 35.7 Å². The van der Waals surface area contributed by atoms with E-state index in [0.717, 1.165) is 23.6 Å². The molecule has 0 aliphatic heterocycles. The van der Waals surface area contributed by atoms with Crippen molar-refractivity contribution in [3.63, 3.8) is 0 Å². The lowest BCUT2D eigenvalue weighted by Crippen LogP contribution is -2.41. The van der Waals surface area contributed by atoms with Gasteiger partial charge in [-0.15, -0.1) is 22.6 Å². The molecule has 1 amide bonds. The number of thioether (sulfide) groups is 1.